The molecule has 0 aliphatic carbocycles. The van der Waals surface area contributed by atoms with E-state index in [1.54, 1.807) is 37.3 Å². The zero-order chi connectivity index (χ0) is 26.3. The fraction of sp³-hybridized carbons (Fsp3) is 0.640. The summed E-state index contributed by atoms with van der Waals surface area (Å²) in [5, 5.41) is 5.53. The van der Waals surface area contributed by atoms with Gasteiger partial charge >= 0.3 is 6.03 Å². The molecule has 0 radical (unpaired) electrons. The van der Waals surface area contributed by atoms with E-state index in [2.05, 4.69) is 10.6 Å². The van der Waals surface area contributed by atoms with Gasteiger partial charge in [-0.15, -0.1) is 0 Å². The van der Waals surface area contributed by atoms with Crippen LogP contribution in [-0.4, -0.2) is 105 Å². The van der Waals surface area contributed by atoms with E-state index in [9.17, 15) is 14.4 Å². The van der Waals surface area contributed by atoms with E-state index < -0.39 is 0 Å². The van der Waals surface area contributed by atoms with Crippen LogP contribution in [0, 0.1) is 5.92 Å². The van der Waals surface area contributed by atoms with E-state index in [0.717, 1.165) is 0 Å². The molecule has 4 amide bonds. The van der Waals surface area contributed by atoms with Crippen LogP contribution >= 0.6 is 0 Å². The maximum atomic E-state index is 13.4. The summed E-state index contributed by atoms with van der Waals surface area (Å²) in [5.41, 5.74) is 0.808. The molecule has 3 atom stereocenters. The Bertz CT molecular complexity index is 891. The maximum absolute atomic E-state index is 13.4. The molecular formula is C25H41N5O5. The third kappa shape index (κ3) is 8.10. The van der Waals surface area contributed by atoms with Gasteiger partial charge in [-0.25, -0.2) is 4.79 Å². The highest BCUT2D eigenvalue weighted by molar-refractivity contribution is 5.99. The lowest BCUT2D eigenvalue weighted by Gasteiger charge is -2.36. The predicted molar refractivity (Wildman–Crippen MR) is 136 cm³/mol. The highest BCUT2D eigenvalue weighted by Crippen LogP contribution is 2.26. The molecule has 1 aliphatic heterocycles. The number of carbonyl (C=O) groups excluding carboxylic acids is 3. The van der Waals surface area contributed by atoms with Crippen molar-refractivity contribution in [2.75, 3.05) is 59.8 Å². The third-order valence-electron chi connectivity index (χ3n) is 5.89. The SMILES string of the molecule is CO[C@H]1CN(C)C(=O)c2cc(NC(=O)NC(C)C)ccc2OC[C@H](C)N(C(=O)CN(C)C)C[C@@H]1C. The molecule has 1 aromatic carbocycles. The van der Waals surface area contributed by atoms with E-state index in [-0.39, 0.29) is 55.1 Å². The van der Waals surface area contributed by atoms with Crippen molar-refractivity contribution in [2.45, 2.75) is 45.9 Å². The zero-order valence-electron chi connectivity index (χ0n) is 22.3. The van der Waals surface area contributed by atoms with Gasteiger partial charge in [-0.1, -0.05) is 6.92 Å². The van der Waals surface area contributed by atoms with Gasteiger partial charge in [-0.05, 0) is 53.1 Å². The highest BCUT2D eigenvalue weighted by atomic mass is 16.5. The predicted octanol–water partition coefficient (Wildman–Crippen LogP) is 2.11. The van der Waals surface area contributed by atoms with Crippen molar-refractivity contribution in [2.24, 2.45) is 5.92 Å². The molecule has 0 unspecified atom stereocenters. The number of nitrogens with zero attached hydrogens (tertiary/aromatic N) is 3. The normalized spacial score (nSPS) is 21.7. The van der Waals surface area contributed by atoms with Crippen LogP contribution in [0.15, 0.2) is 18.2 Å². The molecule has 196 valence electrons. The molecule has 10 heteroatoms. The molecule has 0 bridgehead atoms. The molecular weight excluding hydrogens is 450 g/mol. The minimum Gasteiger partial charge on any atom is -0.491 e. The van der Waals surface area contributed by atoms with Crippen molar-refractivity contribution in [1.29, 1.82) is 0 Å². The number of fused-ring (bicyclic) bond motifs is 1. The van der Waals surface area contributed by atoms with Crippen molar-refractivity contribution >= 4 is 23.5 Å². The molecule has 10 nitrogen and oxygen atoms in total. The number of anilines is 1. The van der Waals surface area contributed by atoms with E-state index >= 15 is 0 Å². The summed E-state index contributed by atoms with van der Waals surface area (Å²) < 4.78 is 11.8. The summed E-state index contributed by atoms with van der Waals surface area (Å²) in [6.07, 6.45) is -0.271. The summed E-state index contributed by atoms with van der Waals surface area (Å²) in [7, 11) is 7.05. The number of hydrogen-bond acceptors (Lipinski definition) is 6. The average molecular weight is 492 g/mol. The molecule has 0 spiro atoms. The molecule has 0 aromatic heterocycles. The summed E-state index contributed by atoms with van der Waals surface area (Å²) in [6, 6.07) is 4.38. The van der Waals surface area contributed by atoms with Crippen molar-refractivity contribution in [1.82, 2.24) is 20.0 Å². The van der Waals surface area contributed by atoms with Gasteiger partial charge in [-0.2, -0.15) is 0 Å². The van der Waals surface area contributed by atoms with Crippen LogP contribution < -0.4 is 15.4 Å². The second kappa shape index (κ2) is 12.7. The Morgan fingerprint density at radius 2 is 1.91 bits per heavy atom. The molecule has 35 heavy (non-hydrogen) atoms. The summed E-state index contributed by atoms with van der Waals surface area (Å²) in [6.45, 7) is 9.02. The first-order valence-corrected chi connectivity index (χ1v) is 12.0. The Morgan fingerprint density at radius 3 is 2.51 bits per heavy atom. The Hall–Kier alpha value is -2.85. The molecule has 0 saturated carbocycles. The number of urea groups is 1. The first-order chi connectivity index (χ1) is 16.4. The molecule has 2 N–H and O–H groups in total. The summed E-state index contributed by atoms with van der Waals surface area (Å²) >= 11 is 0. The van der Waals surface area contributed by atoms with Gasteiger partial charge in [0.1, 0.15) is 12.4 Å². The summed E-state index contributed by atoms with van der Waals surface area (Å²) in [4.78, 5) is 43.9. The van der Waals surface area contributed by atoms with Gasteiger partial charge < -0.3 is 34.8 Å². The lowest BCUT2D eigenvalue weighted by molar-refractivity contribution is -0.136. The topological polar surface area (TPSA) is 103 Å². The molecule has 1 aliphatic rings. The van der Waals surface area contributed by atoms with E-state index in [1.807, 2.05) is 51.6 Å². The summed E-state index contributed by atoms with van der Waals surface area (Å²) in [5.74, 6) is 0.141. The number of likely N-dealkylation sites (N-methyl/N-ethyl adjacent to an activating group) is 2. The number of benzene rings is 1. The zero-order valence-corrected chi connectivity index (χ0v) is 22.3. The molecule has 2 rings (SSSR count). The van der Waals surface area contributed by atoms with Crippen molar-refractivity contribution in [3.63, 3.8) is 0 Å². The third-order valence-corrected chi connectivity index (χ3v) is 5.89. The highest BCUT2D eigenvalue weighted by Gasteiger charge is 2.30. The van der Waals surface area contributed by atoms with Crippen LogP contribution in [0.5, 0.6) is 5.75 Å². The lowest BCUT2D eigenvalue weighted by atomic mass is 10.0. The van der Waals surface area contributed by atoms with Gasteiger partial charge in [0.25, 0.3) is 5.91 Å². The van der Waals surface area contributed by atoms with Gasteiger partial charge in [0.05, 0.1) is 24.3 Å². The number of hydrogen-bond donors (Lipinski definition) is 2. The Kier molecular flexibility index (Phi) is 10.3. The fourth-order valence-electron chi connectivity index (χ4n) is 3.99. The minimum atomic E-state index is -0.355. The fourth-order valence-corrected chi connectivity index (χ4v) is 3.99. The van der Waals surface area contributed by atoms with Crippen LogP contribution in [0.25, 0.3) is 0 Å². The van der Waals surface area contributed by atoms with Gasteiger partial charge in [-0.3, -0.25) is 9.59 Å². The van der Waals surface area contributed by atoms with Crippen LogP contribution in [0.3, 0.4) is 0 Å². The standard InChI is InChI=1S/C25H41N5O5/c1-16(2)26-25(33)27-19-9-10-21-20(11-19)24(32)29(7)13-22(34-8)17(3)12-30(18(4)15-35-21)23(31)14-28(5)6/h9-11,16-18,22H,12-15H2,1-8H3,(H2,26,27,33)/t17-,18-,22-/m0/s1. The molecule has 1 aromatic rings. The number of ether oxygens (including phenoxy) is 2. The number of carbonyl (C=O) groups is 3. The Labute approximate surface area is 208 Å². The molecule has 1 heterocycles. The van der Waals surface area contributed by atoms with E-state index in [0.29, 0.717) is 30.1 Å². The first kappa shape index (κ1) is 28.4. The molecule has 0 saturated heterocycles. The van der Waals surface area contributed by atoms with Crippen LogP contribution in [0.4, 0.5) is 10.5 Å². The second-order valence-corrected chi connectivity index (χ2v) is 9.85. The van der Waals surface area contributed by atoms with Crippen molar-refractivity contribution in [3.05, 3.63) is 23.8 Å². The van der Waals surface area contributed by atoms with Crippen LogP contribution in [-0.2, 0) is 9.53 Å². The average Bonchev–Trinajstić information content (AvgIpc) is 2.77. The quantitative estimate of drug-likeness (QED) is 0.654. The number of amides is 4. The monoisotopic (exact) mass is 491 g/mol. The largest absolute Gasteiger partial charge is 0.491 e. The van der Waals surface area contributed by atoms with E-state index in [1.165, 1.54) is 0 Å². The number of nitrogens with one attached hydrogen (secondary N) is 2. The van der Waals surface area contributed by atoms with Gasteiger partial charge in [0.2, 0.25) is 5.91 Å². The Morgan fingerprint density at radius 1 is 1.23 bits per heavy atom. The van der Waals surface area contributed by atoms with Crippen molar-refractivity contribution < 1.29 is 23.9 Å². The van der Waals surface area contributed by atoms with Crippen LogP contribution in [0.1, 0.15) is 38.1 Å². The second-order valence-electron chi connectivity index (χ2n) is 9.85. The first-order valence-electron chi connectivity index (χ1n) is 12.0. The lowest BCUT2D eigenvalue weighted by Crippen LogP contribution is -2.50. The number of methoxy groups -OCH3 is 1. The Balaban J connectivity index is 2.41. The van der Waals surface area contributed by atoms with E-state index in [4.69, 9.17) is 9.47 Å². The van der Waals surface area contributed by atoms with Crippen LogP contribution in [0.2, 0.25) is 0 Å². The van der Waals surface area contributed by atoms with Crippen molar-refractivity contribution in [3.8, 4) is 5.75 Å². The minimum absolute atomic E-state index is 0.00484. The van der Waals surface area contributed by atoms with Gasteiger partial charge in [0.15, 0.2) is 0 Å². The maximum Gasteiger partial charge on any atom is 0.319 e. The number of rotatable bonds is 5. The smallest absolute Gasteiger partial charge is 0.319 e. The van der Waals surface area contributed by atoms with Gasteiger partial charge in [0, 0.05) is 44.9 Å². The molecule has 0 fully saturated rings.